The van der Waals surface area contributed by atoms with Gasteiger partial charge in [-0.25, -0.2) is 0 Å². The molecule has 7 nitrogen and oxygen atoms in total. The highest BCUT2D eigenvalue weighted by Gasteiger charge is 2.25. The fourth-order valence-electron chi connectivity index (χ4n) is 2.85. The lowest BCUT2D eigenvalue weighted by Crippen LogP contribution is -2.38. The third kappa shape index (κ3) is 2.56. The van der Waals surface area contributed by atoms with Crippen LogP contribution in [0.5, 0.6) is 0 Å². The van der Waals surface area contributed by atoms with Crippen molar-refractivity contribution < 1.29 is 4.79 Å². The van der Waals surface area contributed by atoms with Crippen molar-refractivity contribution in [1.29, 1.82) is 0 Å². The SMILES string of the molecule is Cc1nnc2n1CCN(C(=O)c1cc(-c3ccc(Cl)cc3)n[nH]1)C2. The number of fused-ring (bicyclic) bond motifs is 1. The number of carbonyl (C=O) groups is 1. The Kier molecular flexibility index (Phi) is 3.57. The number of H-pyrrole nitrogens is 1. The van der Waals surface area contributed by atoms with Gasteiger partial charge in [0.15, 0.2) is 5.82 Å². The molecule has 1 aliphatic rings. The summed E-state index contributed by atoms with van der Waals surface area (Å²) in [6.45, 7) is 3.70. The largest absolute Gasteiger partial charge is 0.328 e. The van der Waals surface area contributed by atoms with Crippen LogP contribution in [0.1, 0.15) is 22.1 Å². The van der Waals surface area contributed by atoms with E-state index in [1.807, 2.05) is 23.6 Å². The quantitative estimate of drug-likeness (QED) is 0.775. The number of carbonyl (C=O) groups excluding carboxylic acids is 1. The van der Waals surface area contributed by atoms with E-state index in [4.69, 9.17) is 11.6 Å². The van der Waals surface area contributed by atoms with E-state index in [1.54, 1.807) is 23.1 Å². The minimum Gasteiger partial charge on any atom is -0.328 e. The molecule has 3 heterocycles. The van der Waals surface area contributed by atoms with Gasteiger partial charge in [-0.3, -0.25) is 9.89 Å². The molecule has 4 rings (SSSR count). The minimum atomic E-state index is -0.0883. The Balaban J connectivity index is 1.54. The third-order valence-corrected chi connectivity index (χ3v) is 4.43. The van der Waals surface area contributed by atoms with Gasteiger partial charge in [0.1, 0.15) is 11.5 Å². The Labute approximate surface area is 143 Å². The lowest BCUT2D eigenvalue weighted by molar-refractivity contribution is 0.0700. The average Bonchev–Trinajstić information content (AvgIpc) is 3.22. The van der Waals surface area contributed by atoms with Crippen molar-refractivity contribution in [1.82, 2.24) is 29.9 Å². The number of rotatable bonds is 2. The fourth-order valence-corrected chi connectivity index (χ4v) is 2.97. The number of benzene rings is 1. The predicted octanol–water partition coefficient (Wildman–Crippen LogP) is 2.29. The van der Waals surface area contributed by atoms with E-state index in [9.17, 15) is 4.79 Å². The summed E-state index contributed by atoms with van der Waals surface area (Å²) in [5, 5.41) is 15.9. The highest BCUT2D eigenvalue weighted by atomic mass is 35.5. The Bertz CT molecular complexity index is 898. The lowest BCUT2D eigenvalue weighted by atomic mass is 10.1. The standard InChI is InChI=1S/C16H15ClN6O/c1-10-18-21-15-9-22(6-7-23(10)15)16(24)14-8-13(19-20-14)11-2-4-12(17)5-3-11/h2-5,8H,6-7,9H2,1H3,(H,19,20). The maximum Gasteiger partial charge on any atom is 0.272 e. The van der Waals surface area contributed by atoms with E-state index in [0.717, 1.165) is 17.2 Å². The van der Waals surface area contributed by atoms with E-state index in [-0.39, 0.29) is 5.91 Å². The van der Waals surface area contributed by atoms with Gasteiger partial charge in [-0.15, -0.1) is 10.2 Å². The monoisotopic (exact) mass is 342 g/mol. The highest BCUT2D eigenvalue weighted by Crippen LogP contribution is 2.21. The zero-order chi connectivity index (χ0) is 16.7. The van der Waals surface area contributed by atoms with Crippen molar-refractivity contribution in [3.63, 3.8) is 0 Å². The first-order chi connectivity index (χ1) is 11.6. The molecule has 3 aromatic rings. The molecule has 0 saturated heterocycles. The van der Waals surface area contributed by atoms with Crippen molar-refractivity contribution in [2.24, 2.45) is 0 Å². The van der Waals surface area contributed by atoms with Crippen molar-refractivity contribution in [2.45, 2.75) is 20.0 Å². The number of nitrogens with zero attached hydrogens (tertiary/aromatic N) is 5. The summed E-state index contributed by atoms with van der Waals surface area (Å²) in [4.78, 5) is 14.4. The van der Waals surface area contributed by atoms with Crippen LogP contribution in [0.2, 0.25) is 5.02 Å². The topological polar surface area (TPSA) is 79.7 Å². The summed E-state index contributed by atoms with van der Waals surface area (Å²) >= 11 is 5.90. The molecule has 0 radical (unpaired) electrons. The molecule has 2 aromatic heterocycles. The first-order valence-corrected chi connectivity index (χ1v) is 7.99. The average molecular weight is 343 g/mol. The van der Waals surface area contributed by atoms with E-state index >= 15 is 0 Å². The molecule has 8 heteroatoms. The number of aromatic nitrogens is 5. The van der Waals surface area contributed by atoms with Gasteiger partial charge >= 0.3 is 0 Å². The van der Waals surface area contributed by atoms with Gasteiger partial charge in [0, 0.05) is 23.7 Å². The first kappa shape index (κ1) is 14.9. The molecule has 1 aliphatic heterocycles. The smallest absolute Gasteiger partial charge is 0.272 e. The molecule has 0 aliphatic carbocycles. The van der Waals surface area contributed by atoms with Gasteiger partial charge in [-0.2, -0.15) is 5.10 Å². The van der Waals surface area contributed by atoms with E-state index in [1.165, 1.54) is 0 Å². The normalized spacial score (nSPS) is 13.8. The maximum absolute atomic E-state index is 12.7. The third-order valence-electron chi connectivity index (χ3n) is 4.17. The van der Waals surface area contributed by atoms with Crippen LogP contribution in [0.15, 0.2) is 30.3 Å². The Morgan fingerprint density at radius 2 is 2.00 bits per heavy atom. The summed E-state index contributed by atoms with van der Waals surface area (Å²) < 4.78 is 2.04. The number of nitrogens with one attached hydrogen (secondary N) is 1. The van der Waals surface area contributed by atoms with Crippen LogP contribution in [0, 0.1) is 6.92 Å². The van der Waals surface area contributed by atoms with Gasteiger partial charge in [0.25, 0.3) is 5.91 Å². The number of hydrogen-bond donors (Lipinski definition) is 1. The molecule has 1 aromatic carbocycles. The fraction of sp³-hybridized carbons (Fsp3) is 0.250. The van der Waals surface area contributed by atoms with Gasteiger partial charge < -0.3 is 9.47 Å². The molecule has 1 amide bonds. The second-order valence-corrected chi connectivity index (χ2v) is 6.15. The summed E-state index contributed by atoms with van der Waals surface area (Å²) in [5.74, 6) is 1.60. The van der Waals surface area contributed by atoms with E-state index in [2.05, 4.69) is 20.4 Å². The van der Waals surface area contributed by atoms with Crippen LogP contribution in [0.25, 0.3) is 11.3 Å². The molecule has 0 spiro atoms. The van der Waals surface area contributed by atoms with Crippen LogP contribution < -0.4 is 0 Å². The van der Waals surface area contributed by atoms with Crippen molar-refractivity contribution >= 4 is 17.5 Å². The molecule has 1 N–H and O–H groups in total. The van der Waals surface area contributed by atoms with Crippen molar-refractivity contribution in [3.8, 4) is 11.3 Å². The molecule has 0 bridgehead atoms. The molecular formula is C16H15ClN6O. The number of amides is 1. The molecule has 122 valence electrons. The number of hydrogen-bond acceptors (Lipinski definition) is 4. The van der Waals surface area contributed by atoms with Gasteiger partial charge in [0.05, 0.1) is 12.2 Å². The molecular weight excluding hydrogens is 328 g/mol. The molecule has 0 atom stereocenters. The van der Waals surface area contributed by atoms with Crippen molar-refractivity contribution in [3.05, 3.63) is 52.7 Å². The molecule has 0 saturated carbocycles. The van der Waals surface area contributed by atoms with Gasteiger partial charge in [-0.1, -0.05) is 23.7 Å². The van der Waals surface area contributed by atoms with Gasteiger partial charge in [-0.05, 0) is 25.1 Å². The van der Waals surface area contributed by atoms with E-state index < -0.39 is 0 Å². The molecule has 0 unspecified atom stereocenters. The summed E-state index contributed by atoms with van der Waals surface area (Å²) in [6, 6.07) is 9.10. The summed E-state index contributed by atoms with van der Waals surface area (Å²) in [5.41, 5.74) is 2.08. The van der Waals surface area contributed by atoms with Gasteiger partial charge in [0.2, 0.25) is 0 Å². The summed E-state index contributed by atoms with van der Waals surface area (Å²) in [6.07, 6.45) is 0. The Hall–Kier alpha value is -2.67. The van der Waals surface area contributed by atoms with Crippen LogP contribution >= 0.6 is 11.6 Å². The predicted molar refractivity (Wildman–Crippen MR) is 88.5 cm³/mol. The second kappa shape index (κ2) is 5.76. The number of aromatic amines is 1. The Morgan fingerprint density at radius 3 is 2.79 bits per heavy atom. The molecule has 0 fully saturated rings. The van der Waals surface area contributed by atoms with Crippen molar-refractivity contribution in [2.75, 3.05) is 6.54 Å². The lowest BCUT2D eigenvalue weighted by Gasteiger charge is -2.27. The zero-order valence-corrected chi connectivity index (χ0v) is 13.8. The van der Waals surface area contributed by atoms with Crippen LogP contribution in [-0.4, -0.2) is 42.3 Å². The van der Waals surface area contributed by atoms with Crippen LogP contribution in [0.3, 0.4) is 0 Å². The van der Waals surface area contributed by atoms with Crippen LogP contribution in [0.4, 0.5) is 0 Å². The molecule has 24 heavy (non-hydrogen) atoms. The van der Waals surface area contributed by atoms with Crippen LogP contribution in [-0.2, 0) is 13.1 Å². The summed E-state index contributed by atoms with van der Waals surface area (Å²) in [7, 11) is 0. The highest BCUT2D eigenvalue weighted by molar-refractivity contribution is 6.30. The minimum absolute atomic E-state index is 0.0883. The Morgan fingerprint density at radius 1 is 1.21 bits per heavy atom. The number of aryl methyl sites for hydroxylation is 1. The zero-order valence-electron chi connectivity index (χ0n) is 13.0. The second-order valence-electron chi connectivity index (χ2n) is 5.72. The number of halogens is 1. The first-order valence-electron chi connectivity index (χ1n) is 7.61. The van der Waals surface area contributed by atoms with E-state index in [0.29, 0.717) is 36.0 Å². The maximum atomic E-state index is 12.7.